The molecule has 1 N–H and O–H groups in total. The molecule has 1 aromatic heterocycles. The molecule has 0 aliphatic heterocycles. The van der Waals surface area contributed by atoms with Crippen molar-refractivity contribution in [2.75, 3.05) is 33.6 Å². The average Bonchev–Trinajstić information content (AvgIpc) is 2.76. The molecule has 0 aliphatic rings. The van der Waals surface area contributed by atoms with Crippen LogP contribution in [0.15, 0.2) is 36.7 Å². The van der Waals surface area contributed by atoms with Crippen molar-refractivity contribution in [3.05, 3.63) is 47.8 Å². The summed E-state index contributed by atoms with van der Waals surface area (Å²) in [5.74, 6) is 2.72. The van der Waals surface area contributed by atoms with E-state index in [-0.39, 0.29) is 5.91 Å². The lowest BCUT2D eigenvalue weighted by Gasteiger charge is -2.12. The van der Waals surface area contributed by atoms with Crippen molar-refractivity contribution in [2.24, 2.45) is 0 Å². The van der Waals surface area contributed by atoms with Crippen molar-refractivity contribution in [3.8, 4) is 17.2 Å². The first-order chi connectivity index (χ1) is 14.1. The van der Waals surface area contributed by atoms with Gasteiger partial charge in [-0.15, -0.1) is 0 Å². The van der Waals surface area contributed by atoms with Crippen LogP contribution in [0.4, 0.5) is 0 Å². The van der Waals surface area contributed by atoms with Gasteiger partial charge in [0.05, 0.1) is 21.3 Å². The van der Waals surface area contributed by atoms with Crippen LogP contribution >= 0.6 is 12.6 Å². The van der Waals surface area contributed by atoms with Crippen LogP contribution in [0, 0.1) is 0 Å². The fraction of sp³-hybridized carbons (Fsp3) is 0.364. The smallest absolute Gasteiger partial charge is 0.220 e. The second kappa shape index (κ2) is 12.0. The Morgan fingerprint density at radius 1 is 1.03 bits per heavy atom. The Balaban J connectivity index is 1.99. The fourth-order valence-electron chi connectivity index (χ4n) is 2.80. The van der Waals surface area contributed by atoms with Gasteiger partial charge < -0.3 is 19.5 Å². The number of carbonyl (C=O) groups is 1. The van der Waals surface area contributed by atoms with Crippen molar-refractivity contribution >= 4 is 30.7 Å². The van der Waals surface area contributed by atoms with Crippen LogP contribution in [0.3, 0.4) is 0 Å². The van der Waals surface area contributed by atoms with E-state index in [1.165, 1.54) is 0 Å². The van der Waals surface area contributed by atoms with Gasteiger partial charge in [-0.1, -0.05) is 12.2 Å². The molecule has 0 saturated heterocycles. The maximum atomic E-state index is 11.6. The SMILES string of the molecule is COc1cc(OC)c(OC)cc1/C=C/c1cc[n+](CCCC(=O)NCCS)cc1. The molecule has 1 aromatic carbocycles. The third-order valence-electron chi connectivity index (χ3n) is 4.36. The molecule has 1 heterocycles. The monoisotopic (exact) mass is 417 g/mol. The van der Waals surface area contributed by atoms with Crippen LogP contribution in [0.1, 0.15) is 24.0 Å². The summed E-state index contributed by atoms with van der Waals surface area (Å²) in [5.41, 5.74) is 1.96. The Morgan fingerprint density at radius 2 is 1.69 bits per heavy atom. The Kier molecular flexibility index (Phi) is 9.37. The minimum atomic E-state index is 0.0723. The molecule has 156 valence electrons. The highest BCUT2D eigenvalue weighted by molar-refractivity contribution is 7.80. The molecule has 7 heteroatoms. The lowest BCUT2D eigenvalue weighted by atomic mass is 10.1. The van der Waals surface area contributed by atoms with Gasteiger partial charge in [-0.05, 0) is 11.6 Å². The van der Waals surface area contributed by atoms with E-state index in [1.807, 2.05) is 48.8 Å². The van der Waals surface area contributed by atoms with Crippen LogP contribution in [-0.4, -0.2) is 39.5 Å². The molecule has 0 radical (unpaired) electrons. The Hall–Kier alpha value is -2.67. The minimum absolute atomic E-state index is 0.0723. The number of rotatable bonds is 11. The summed E-state index contributed by atoms with van der Waals surface area (Å²) >= 11 is 4.08. The van der Waals surface area contributed by atoms with Crippen LogP contribution in [0.25, 0.3) is 12.2 Å². The number of amides is 1. The first-order valence-electron chi connectivity index (χ1n) is 9.46. The zero-order chi connectivity index (χ0) is 21.1. The molecular formula is C22H29N2O4S+. The van der Waals surface area contributed by atoms with E-state index < -0.39 is 0 Å². The molecular weight excluding hydrogens is 388 g/mol. The van der Waals surface area contributed by atoms with Gasteiger partial charge in [-0.3, -0.25) is 4.79 Å². The predicted molar refractivity (Wildman–Crippen MR) is 118 cm³/mol. The predicted octanol–water partition coefficient (Wildman–Crippen LogP) is 3.00. The maximum absolute atomic E-state index is 11.6. The number of nitrogens with zero attached hydrogens (tertiary/aromatic N) is 1. The topological polar surface area (TPSA) is 60.7 Å². The molecule has 2 aromatic rings. The number of benzene rings is 1. The van der Waals surface area contributed by atoms with Crippen molar-refractivity contribution < 1.29 is 23.6 Å². The summed E-state index contributed by atoms with van der Waals surface area (Å²) in [6.07, 6.45) is 9.32. The molecule has 0 unspecified atom stereocenters. The van der Waals surface area contributed by atoms with Gasteiger partial charge in [0.2, 0.25) is 5.91 Å². The molecule has 0 spiro atoms. The Labute approximate surface area is 177 Å². The summed E-state index contributed by atoms with van der Waals surface area (Å²) in [6.45, 7) is 1.41. The summed E-state index contributed by atoms with van der Waals surface area (Å²) in [4.78, 5) is 11.6. The highest BCUT2D eigenvalue weighted by Gasteiger charge is 2.10. The lowest BCUT2D eigenvalue weighted by Crippen LogP contribution is -2.33. The fourth-order valence-corrected chi connectivity index (χ4v) is 2.92. The van der Waals surface area contributed by atoms with E-state index in [0.29, 0.717) is 36.0 Å². The molecule has 1 amide bonds. The molecule has 0 fully saturated rings. The van der Waals surface area contributed by atoms with E-state index in [1.54, 1.807) is 21.3 Å². The van der Waals surface area contributed by atoms with Crippen LogP contribution < -0.4 is 24.1 Å². The van der Waals surface area contributed by atoms with Gasteiger partial charge in [-0.25, -0.2) is 4.57 Å². The van der Waals surface area contributed by atoms with Crippen molar-refractivity contribution in [1.82, 2.24) is 5.32 Å². The molecule has 29 heavy (non-hydrogen) atoms. The van der Waals surface area contributed by atoms with Gasteiger partial charge in [-0.2, -0.15) is 12.6 Å². The zero-order valence-corrected chi connectivity index (χ0v) is 18.1. The first kappa shape index (κ1) is 22.6. The normalized spacial score (nSPS) is 10.8. The van der Waals surface area contributed by atoms with Gasteiger partial charge in [0.15, 0.2) is 23.9 Å². The van der Waals surface area contributed by atoms with Gasteiger partial charge in [0, 0.05) is 48.9 Å². The highest BCUT2D eigenvalue weighted by Crippen LogP contribution is 2.35. The lowest BCUT2D eigenvalue weighted by molar-refractivity contribution is -0.697. The van der Waals surface area contributed by atoms with Gasteiger partial charge in [0.25, 0.3) is 0 Å². The number of ether oxygens (including phenoxy) is 3. The number of carbonyl (C=O) groups excluding carboxylic acids is 1. The Bertz CT molecular complexity index is 822. The highest BCUT2D eigenvalue weighted by atomic mass is 32.1. The summed E-state index contributed by atoms with van der Waals surface area (Å²) in [5, 5.41) is 2.82. The van der Waals surface area contributed by atoms with E-state index >= 15 is 0 Å². The van der Waals surface area contributed by atoms with Gasteiger partial charge in [0.1, 0.15) is 12.3 Å². The number of thiol groups is 1. The van der Waals surface area contributed by atoms with Gasteiger partial charge >= 0.3 is 0 Å². The van der Waals surface area contributed by atoms with Crippen LogP contribution in [0.2, 0.25) is 0 Å². The molecule has 0 atom stereocenters. The minimum Gasteiger partial charge on any atom is -0.496 e. The number of hydrogen-bond acceptors (Lipinski definition) is 5. The number of aryl methyl sites for hydroxylation is 1. The first-order valence-corrected chi connectivity index (χ1v) is 10.1. The number of hydrogen-bond donors (Lipinski definition) is 2. The van der Waals surface area contributed by atoms with E-state index in [9.17, 15) is 4.79 Å². The van der Waals surface area contributed by atoms with Crippen molar-refractivity contribution in [2.45, 2.75) is 19.4 Å². The quantitative estimate of drug-likeness (QED) is 0.436. The second-order valence-corrected chi connectivity index (χ2v) is 6.78. The van der Waals surface area contributed by atoms with Crippen molar-refractivity contribution in [3.63, 3.8) is 0 Å². The number of nitrogens with one attached hydrogen (secondary N) is 1. The second-order valence-electron chi connectivity index (χ2n) is 6.33. The summed E-state index contributed by atoms with van der Waals surface area (Å²) in [7, 11) is 4.83. The van der Waals surface area contributed by atoms with Crippen molar-refractivity contribution in [1.29, 1.82) is 0 Å². The van der Waals surface area contributed by atoms with E-state index in [2.05, 4.69) is 22.5 Å². The summed E-state index contributed by atoms with van der Waals surface area (Å²) < 4.78 is 18.2. The average molecular weight is 418 g/mol. The molecule has 6 nitrogen and oxygen atoms in total. The molecule has 0 saturated carbocycles. The Morgan fingerprint density at radius 3 is 2.31 bits per heavy atom. The van der Waals surface area contributed by atoms with Crippen LogP contribution in [0.5, 0.6) is 17.2 Å². The van der Waals surface area contributed by atoms with E-state index in [0.717, 1.165) is 24.1 Å². The van der Waals surface area contributed by atoms with E-state index in [4.69, 9.17) is 14.2 Å². The zero-order valence-electron chi connectivity index (χ0n) is 17.2. The third kappa shape index (κ3) is 7.02. The standard InChI is InChI=1S/C22H28N2O4S/c1-26-19-16-21(28-3)20(27-2)15-18(19)7-6-17-8-12-24(13-9-17)11-4-5-22(25)23-10-14-29/h6-9,12-13,15-16H,4-5,10-11,14H2,1-3H3,(H-,23,25,29)/p+1/b7-6+. The maximum Gasteiger partial charge on any atom is 0.220 e. The molecule has 0 bridgehead atoms. The number of methoxy groups -OCH3 is 3. The third-order valence-corrected chi connectivity index (χ3v) is 4.59. The largest absolute Gasteiger partial charge is 0.496 e. The molecule has 2 rings (SSSR count). The summed E-state index contributed by atoms with van der Waals surface area (Å²) in [6, 6.07) is 7.76. The number of pyridine rings is 1. The molecule has 0 aliphatic carbocycles. The number of aromatic nitrogens is 1. The van der Waals surface area contributed by atoms with Crippen LogP contribution in [-0.2, 0) is 11.3 Å².